The van der Waals surface area contributed by atoms with Gasteiger partial charge >= 0.3 is 0 Å². The Balaban J connectivity index is 1.74. The molecule has 3 heteroatoms. The van der Waals surface area contributed by atoms with Gasteiger partial charge in [0.05, 0.1) is 11.7 Å². The van der Waals surface area contributed by atoms with Crippen molar-refractivity contribution < 1.29 is 14.2 Å². The van der Waals surface area contributed by atoms with Crippen LogP contribution in [-0.4, -0.2) is 24.3 Å². The topological polar surface area (TPSA) is 27.7 Å². The van der Waals surface area contributed by atoms with Crippen LogP contribution in [0.4, 0.5) is 0 Å². The molecule has 4 aliphatic heterocycles. The molecule has 4 unspecified atom stereocenters. The molecular formula is C11H18O3. The van der Waals surface area contributed by atoms with E-state index < -0.39 is 0 Å². The smallest absolute Gasteiger partial charge is 0.163 e. The summed E-state index contributed by atoms with van der Waals surface area (Å²) in [5.41, 5.74) is 0.102. The first-order valence-corrected chi connectivity index (χ1v) is 5.78. The Labute approximate surface area is 84.7 Å². The number of hydrogen-bond donors (Lipinski definition) is 0. The van der Waals surface area contributed by atoms with Crippen LogP contribution in [0.3, 0.4) is 0 Å². The van der Waals surface area contributed by atoms with Crippen LogP contribution in [-0.2, 0) is 14.2 Å². The second-order valence-electron chi connectivity index (χ2n) is 4.80. The summed E-state index contributed by atoms with van der Waals surface area (Å²) >= 11 is 0. The minimum Gasteiger partial charge on any atom is -0.349 e. The lowest BCUT2D eigenvalue weighted by atomic mass is 9.80. The SMILES string of the molecule is CCCCC12CC3CC(OC(C1)O3)O2. The molecule has 0 aromatic carbocycles. The number of ether oxygens (including phenoxy) is 3. The van der Waals surface area contributed by atoms with Crippen LogP contribution in [0.25, 0.3) is 0 Å². The molecule has 80 valence electrons. The fourth-order valence-electron chi connectivity index (χ4n) is 2.98. The highest BCUT2D eigenvalue weighted by atomic mass is 16.8. The summed E-state index contributed by atoms with van der Waals surface area (Å²) in [5.74, 6) is 0. The van der Waals surface area contributed by atoms with Crippen molar-refractivity contribution in [1.82, 2.24) is 0 Å². The zero-order valence-corrected chi connectivity index (χ0v) is 8.70. The van der Waals surface area contributed by atoms with Crippen molar-refractivity contribution in [3.8, 4) is 0 Å². The van der Waals surface area contributed by atoms with E-state index in [1.54, 1.807) is 0 Å². The quantitative estimate of drug-likeness (QED) is 0.695. The van der Waals surface area contributed by atoms with Crippen molar-refractivity contribution in [2.24, 2.45) is 0 Å². The normalized spacial score (nSPS) is 49.9. The zero-order valence-electron chi connectivity index (χ0n) is 8.70. The van der Waals surface area contributed by atoms with Crippen molar-refractivity contribution in [1.29, 1.82) is 0 Å². The molecule has 14 heavy (non-hydrogen) atoms. The van der Waals surface area contributed by atoms with Crippen molar-refractivity contribution in [2.75, 3.05) is 0 Å². The summed E-state index contributed by atoms with van der Waals surface area (Å²) < 4.78 is 17.3. The Kier molecular flexibility index (Phi) is 2.08. The van der Waals surface area contributed by atoms with Gasteiger partial charge in [0.1, 0.15) is 0 Å². The molecule has 0 amide bonds. The minimum absolute atomic E-state index is 0.0260. The Morgan fingerprint density at radius 1 is 1.21 bits per heavy atom. The lowest BCUT2D eigenvalue weighted by Gasteiger charge is -2.55. The van der Waals surface area contributed by atoms with E-state index in [0.717, 1.165) is 19.3 Å². The molecule has 4 heterocycles. The van der Waals surface area contributed by atoms with E-state index >= 15 is 0 Å². The van der Waals surface area contributed by atoms with Crippen LogP contribution in [0.5, 0.6) is 0 Å². The summed E-state index contributed by atoms with van der Waals surface area (Å²) in [4.78, 5) is 0. The molecule has 3 nitrogen and oxygen atoms in total. The van der Waals surface area contributed by atoms with Crippen LogP contribution in [0, 0.1) is 0 Å². The zero-order chi connectivity index (χ0) is 9.60. The van der Waals surface area contributed by atoms with Gasteiger partial charge in [-0.25, -0.2) is 0 Å². The van der Waals surface area contributed by atoms with Crippen molar-refractivity contribution in [3.05, 3.63) is 0 Å². The van der Waals surface area contributed by atoms with Crippen LogP contribution >= 0.6 is 0 Å². The Bertz CT molecular complexity index is 191. The van der Waals surface area contributed by atoms with Gasteiger partial charge in [0.2, 0.25) is 0 Å². The molecule has 4 bridgehead atoms. The molecule has 0 aromatic heterocycles. The number of hydrogen-bond acceptors (Lipinski definition) is 3. The van der Waals surface area contributed by atoms with Crippen LogP contribution in [0.2, 0.25) is 0 Å². The molecule has 0 spiro atoms. The molecular weight excluding hydrogens is 180 g/mol. The molecule has 0 N–H and O–H groups in total. The molecule has 0 radical (unpaired) electrons. The van der Waals surface area contributed by atoms with Gasteiger partial charge in [-0.1, -0.05) is 19.8 Å². The maximum atomic E-state index is 6.01. The van der Waals surface area contributed by atoms with Gasteiger partial charge in [0.25, 0.3) is 0 Å². The maximum Gasteiger partial charge on any atom is 0.163 e. The highest BCUT2D eigenvalue weighted by molar-refractivity contribution is 4.96. The van der Waals surface area contributed by atoms with Crippen LogP contribution < -0.4 is 0 Å². The van der Waals surface area contributed by atoms with Gasteiger partial charge in [0.15, 0.2) is 12.6 Å². The molecule has 4 rings (SSSR count). The minimum atomic E-state index is 0.0260. The maximum absolute atomic E-state index is 6.01. The summed E-state index contributed by atoms with van der Waals surface area (Å²) in [6, 6.07) is 0. The summed E-state index contributed by atoms with van der Waals surface area (Å²) in [5, 5.41) is 0. The Hall–Kier alpha value is -0.120. The lowest BCUT2D eigenvalue weighted by Crippen LogP contribution is -2.61. The van der Waals surface area contributed by atoms with Gasteiger partial charge in [-0.3, -0.25) is 0 Å². The van der Waals surface area contributed by atoms with E-state index in [1.807, 2.05) is 0 Å². The molecule has 4 saturated heterocycles. The van der Waals surface area contributed by atoms with E-state index in [0.29, 0.717) is 6.10 Å². The standard InChI is InChI=1S/C11H18O3/c1-2-3-4-11-6-8-5-9(14-11)13-10(7-11)12-8/h8-10H,2-7H2,1H3. The fraction of sp³-hybridized carbons (Fsp3) is 1.00. The van der Waals surface area contributed by atoms with Crippen molar-refractivity contribution in [3.63, 3.8) is 0 Å². The average molecular weight is 198 g/mol. The van der Waals surface area contributed by atoms with E-state index in [1.165, 1.54) is 19.3 Å². The highest BCUT2D eigenvalue weighted by Gasteiger charge is 2.53. The average Bonchev–Trinajstić information content (AvgIpc) is 2.12. The first-order valence-electron chi connectivity index (χ1n) is 5.78. The molecule has 4 atom stereocenters. The van der Waals surface area contributed by atoms with E-state index in [9.17, 15) is 0 Å². The Morgan fingerprint density at radius 3 is 2.86 bits per heavy atom. The van der Waals surface area contributed by atoms with E-state index in [-0.39, 0.29) is 18.2 Å². The first-order chi connectivity index (χ1) is 6.80. The third kappa shape index (κ3) is 1.38. The second-order valence-corrected chi connectivity index (χ2v) is 4.80. The van der Waals surface area contributed by atoms with Crippen molar-refractivity contribution in [2.45, 2.75) is 69.7 Å². The summed E-state index contributed by atoms with van der Waals surface area (Å²) in [6.45, 7) is 2.23. The molecule has 0 aromatic rings. The van der Waals surface area contributed by atoms with Gasteiger partial charge in [0, 0.05) is 19.3 Å². The first kappa shape index (κ1) is 9.13. The predicted octanol–water partition coefficient (Wildman–Crippen LogP) is 2.20. The second kappa shape index (κ2) is 3.19. The van der Waals surface area contributed by atoms with Crippen LogP contribution in [0.1, 0.15) is 45.4 Å². The van der Waals surface area contributed by atoms with Gasteiger partial charge in [-0.2, -0.15) is 0 Å². The van der Waals surface area contributed by atoms with Crippen molar-refractivity contribution >= 4 is 0 Å². The number of unbranched alkanes of at least 4 members (excludes halogenated alkanes) is 1. The van der Waals surface area contributed by atoms with E-state index in [4.69, 9.17) is 14.2 Å². The molecule has 0 saturated carbocycles. The van der Waals surface area contributed by atoms with Gasteiger partial charge in [-0.15, -0.1) is 0 Å². The summed E-state index contributed by atoms with van der Waals surface area (Å²) in [7, 11) is 0. The van der Waals surface area contributed by atoms with Gasteiger partial charge < -0.3 is 14.2 Å². The van der Waals surface area contributed by atoms with Gasteiger partial charge in [-0.05, 0) is 6.42 Å². The Morgan fingerprint density at radius 2 is 2.14 bits per heavy atom. The summed E-state index contributed by atoms with van der Waals surface area (Å²) in [6.07, 6.45) is 7.10. The molecule has 4 aliphatic rings. The highest BCUT2D eigenvalue weighted by Crippen LogP contribution is 2.47. The lowest BCUT2D eigenvalue weighted by molar-refractivity contribution is -0.418. The molecule has 0 aliphatic carbocycles. The third-order valence-corrected chi connectivity index (χ3v) is 3.61. The largest absolute Gasteiger partial charge is 0.349 e. The third-order valence-electron chi connectivity index (χ3n) is 3.61. The number of rotatable bonds is 3. The monoisotopic (exact) mass is 198 g/mol. The molecule has 4 fully saturated rings. The van der Waals surface area contributed by atoms with Crippen LogP contribution in [0.15, 0.2) is 0 Å². The fourth-order valence-corrected chi connectivity index (χ4v) is 2.98. The van der Waals surface area contributed by atoms with E-state index in [2.05, 4.69) is 6.92 Å². The predicted molar refractivity (Wildman–Crippen MR) is 50.7 cm³/mol.